The number of hydrogen-bond acceptors (Lipinski definition) is 1. The Hall–Kier alpha value is -0.410. The van der Waals surface area contributed by atoms with Gasteiger partial charge in [0.2, 0.25) is 0 Å². The van der Waals surface area contributed by atoms with Crippen LogP contribution in [0.4, 0.5) is 4.39 Å². The first-order valence-corrected chi connectivity index (χ1v) is 4.35. The fraction of sp³-hybridized carbons (Fsp3) is 0.125. The van der Waals surface area contributed by atoms with Gasteiger partial charge in [-0.25, -0.2) is 4.39 Å². The molecule has 1 nitrogen and oxygen atoms in total. The van der Waals surface area contributed by atoms with E-state index in [0.29, 0.717) is 10.0 Å². The average molecular weight is 251 g/mol. The summed E-state index contributed by atoms with van der Waals surface area (Å²) >= 11 is 8.36. The van der Waals surface area contributed by atoms with Gasteiger partial charge in [0.15, 0.2) is 0 Å². The van der Waals surface area contributed by atoms with Crippen molar-refractivity contribution in [3.05, 3.63) is 33.5 Å². The second kappa shape index (κ2) is 3.54. The van der Waals surface area contributed by atoms with Crippen molar-refractivity contribution >= 4 is 32.8 Å². The molecule has 0 spiro atoms. The van der Waals surface area contributed by atoms with E-state index in [0.717, 1.165) is 0 Å². The summed E-state index contributed by atoms with van der Waals surface area (Å²) in [6, 6.07) is 2.74. The van der Waals surface area contributed by atoms with Crippen molar-refractivity contribution in [2.24, 2.45) is 0 Å². The van der Waals surface area contributed by atoms with Crippen molar-refractivity contribution in [1.82, 2.24) is 0 Å². The SMILES string of the molecule is Cc1c(Br)ccc(F)c1C(=O)Cl. The first-order valence-electron chi connectivity index (χ1n) is 3.18. The summed E-state index contributed by atoms with van der Waals surface area (Å²) in [6.07, 6.45) is 0. The zero-order valence-electron chi connectivity index (χ0n) is 6.20. The van der Waals surface area contributed by atoms with E-state index < -0.39 is 11.1 Å². The Morgan fingerprint density at radius 1 is 1.58 bits per heavy atom. The van der Waals surface area contributed by atoms with Gasteiger partial charge in [-0.1, -0.05) is 15.9 Å². The molecule has 0 saturated carbocycles. The maximum absolute atomic E-state index is 13.0. The molecule has 0 unspecified atom stereocenters. The Morgan fingerprint density at radius 3 is 2.58 bits per heavy atom. The highest BCUT2D eigenvalue weighted by molar-refractivity contribution is 9.10. The smallest absolute Gasteiger partial charge is 0.255 e. The minimum atomic E-state index is -0.772. The molecule has 1 aromatic rings. The fourth-order valence-electron chi connectivity index (χ4n) is 0.894. The van der Waals surface area contributed by atoms with Crippen LogP contribution in [-0.2, 0) is 0 Å². The number of halogens is 3. The molecule has 0 fully saturated rings. The molecule has 0 saturated heterocycles. The topological polar surface area (TPSA) is 17.1 Å². The van der Waals surface area contributed by atoms with E-state index >= 15 is 0 Å². The van der Waals surface area contributed by atoms with Gasteiger partial charge in [0.25, 0.3) is 5.24 Å². The Balaban J connectivity index is 3.43. The van der Waals surface area contributed by atoms with Crippen molar-refractivity contribution < 1.29 is 9.18 Å². The van der Waals surface area contributed by atoms with Gasteiger partial charge in [-0.3, -0.25) is 4.79 Å². The summed E-state index contributed by atoms with van der Waals surface area (Å²) in [6.45, 7) is 1.63. The van der Waals surface area contributed by atoms with E-state index in [2.05, 4.69) is 15.9 Å². The van der Waals surface area contributed by atoms with Gasteiger partial charge < -0.3 is 0 Å². The number of rotatable bonds is 1. The van der Waals surface area contributed by atoms with E-state index in [-0.39, 0.29) is 5.56 Å². The van der Waals surface area contributed by atoms with Crippen molar-refractivity contribution in [3.63, 3.8) is 0 Å². The minimum absolute atomic E-state index is 0.0639. The molecular weight excluding hydrogens is 246 g/mol. The lowest BCUT2D eigenvalue weighted by molar-refractivity contribution is 0.107. The van der Waals surface area contributed by atoms with E-state index in [1.54, 1.807) is 6.92 Å². The molecular formula is C8H5BrClFO. The molecule has 0 atom stereocenters. The quantitative estimate of drug-likeness (QED) is 0.700. The Bertz CT molecular complexity index is 338. The van der Waals surface area contributed by atoms with Crippen molar-refractivity contribution in [1.29, 1.82) is 0 Å². The van der Waals surface area contributed by atoms with Crippen LogP contribution in [0.5, 0.6) is 0 Å². The van der Waals surface area contributed by atoms with Crippen LogP contribution >= 0.6 is 27.5 Å². The van der Waals surface area contributed by atoms with Crippen LogP contribution in [0.25, 0.3) is 0 Å². The van der Waals surface area contributed by atoms with Gasteiger partial charge in [-0.2, -0.15) is 0 Å². The lowest BCUT2D eigenvalue weighted by Crippen LogP contribution is -1.98. The lowest BCUT2D eigenvalue weighted by Gasteiger charge is -2.03. The summed E-state index contributed by atoms with van der Waals surface area (Å²) in [5.41, 5.74) is 0.459. The Morgan fingerprint density at radius 2 is 2.17 bits per heavy atom. The van der Waals surface area contributed by atoms with Crippen LogP contribution in [0, 0.1) is 12.7 Å². The van der Waals surface area contributed by atoms with Gasteiger partial charge in [-0.05, 0) is 36.2 Å². The number of carbonyl (C=O) groups is 1. The monoisotopic (exact) mass is 250 g/mol. The fourth-order valence-corrected chi connectivity index (χ4v) is 1.46. The zero-order chi connectivity index (χ0) is 9.30. The number of hydrogen-bond donors (Lipinski definition) is 0. The van der Waals surface area contributed by atoms with E-state index in [9.17, 15) is 9.18 Å². The lowest BCUT2D eigenvalue weighted by atomic mass is 10.1. The predicted molar refractivity (Wildman–Crippen MR) is 49.0 cm³/mol. The standard InChI is InChI=1S/C8H5BrClFO/c1-4-5(9)2-3-6(11)7(4)8(10)12/h2-3H,1H3. The first kappa shape index (κ1) is 9.68. The molecule has 0 N–H and O–H groups in total. The molecule has 4 heteroatoms. The van der Waals surface area contributed by atoms with Crippen LogP contribution in [0.2, 0.25) is 0 Å². The number of carbonyl (C=O) groups excluding carboxylic acids is 1. The third-order valence-corrected chi connectivity index (χ3v) is 2.59. The van der Waals surface area contributed by atoms with E-state index in [4.69, 9.17) is 11.6 Å². The first-order chi connectivity index (χ1) is 5.54. The molecule has 1 rings (SSSR count). The molecule has 0 heterocycles. The highest BCUT2D eigenvalue weighted by Crippen LogP contribution is 2.23. The van der Waals surface area contributed by atoms with Crippen LogP contribution in [0.3, 0.4) is 0 Å². The van der Waals surface area contributed by atoms with Crippen molar-refractivity contribution in [2.45, 2.75) is 6.92 Å². The molecule has 64 valence electrons. The van der Waals surface area contributed by atoms with E-state index in [1.807, 2.05) is 0 Å². The minimum Gasteiger partial charge on any atom is -0.275 e. The van der Waals surface area contributed by atoms with Gasteiger partial charge in [0, 0.05) is 4.47 Å². The van der Waals surface area contributed by atoms with E-state index in [1.165, 1.54) is 12.1 Å². The van der Waals surface area contributed by atoms with Gasteiger partial charge in [0.05, 0.1) is 5.56 Å². The summed E-state index contributed by atoms with van der Waals surface area (Å²) in [4.78, 5) is 10.7. The maximum atomic E-state index is 13.0. The molecule has 0 aliphatic rings. The second-order valence-corrected chi connectivity index (χ2v) is 3.50. The van der Waals surface area contributed by atoms with Gasteiger partial charge in [-0.15, -0.1) is 0 Å². The molecule has 0 aromatic heterocycles. The molecule has 0 bridgehead atoms. The third kappa shape index (κ3) is 1.67. The van der Waals surface area contributed by atoms with Crippen molar-refractivity contribution in [2.75, 3.05) is 0 Å². The third-order valence-electron chi connectivity index (χ3n) is 1.54. The highest BCUT2D eigenvalue weighted by atomic mass is 79.9. The predicted octanol–water partition coefficient (Wildman–Crippen LogP) is 3.28. The van der Waals surface area contributed by atoms with Gasteiger partial charge >= 0.3 is 0 Å². The van der Waals surface area contributed by atoms with Gasteiger partial charge in [0.1, 0.15) is 5.82 Å². The Kier molecular flexibility index (Phi) is 2.85. The van der Waals surface area contributed by atoms with Crippen LogP contribution in [0.1, 0.15) is 15.9 Å². The summed E-state index contributed by atoms with van der Waals surface area (Å²) in [7, 11) is 0. The summed E-state index contributed by atoms with van der Waals surface area (Å²) in [5, 5.41) is -0.772. The van der Waals surface area contributed by atoms with Crippen LogP contribution < -0.4 is 0 Å². The maximum Gasteiger partial charge on any atom is 0.255 e. The zero-order valence-corrected chi connectivity index (χ0v) is 8.54. The molecule has 12 heavy (non-hydrogen) atoms. The average Bonchev–Trinajstić information content (AvgIpc) is 1.97. The second-order valence-electron chi connectivity index (χ2n) is 2.30. The molecule has 0 aliphatic carbocycles. The number of benzene rings is 1. The highest BCUT2D eigenvalue weighted by Gasteiger charge is 2.13. The largest absolute Gasteiger partial charge is 0.275 e. The summed E-state index contributed by atoms with van der Waals surface area (Å²) < 4.78 is 13.6. The molecule has 0 radical (unpaired) electrons. The molecule has 0 amide bonds. The molecule has 0 aliphatic heterocycles. The van der Waals surface area contributed by atoms with Crippen LogP contribution in [-0.4, -0.2) is 5.24 Å². The molecule has 1 aromatic carbocycles. The van der Waals surface area contributed by atoms with Crippen molar-refractivity contribution in [3.8, 4) is 0 Å². The normalized spacial score (nSPS) is 10.0. The van der Waals surface area contributed by atoms with Crippen LogP contribution in [0.15, 0.2) is 16.6 Å². The Labute approximate surface area is 82.7 Å². The summed E-state index contributed by atoms with van der Waals surface area (Å²) in [5.74, 6) is -0.587.